The van der Waals surface area contributed by atoms with Gasteiger partial charge in [0.25, 0.3) is 0 Å². The van der Waals surface area contributed by atoms with Gasteiger partial charge in [-0.05, 0) is 37.0 Å². The molecule has 0 aliphatic carbocycles. The molecule has 0 saturated carbocycles. The number of hydrogen-bond acceptors (Lipinski definition) is 5. The van der Waals surface area contributed by atoms with Crippen LogP contribution in [0.15, 0.2) is 58.3 Å². The first-order chi connectivity index (χ1) is 10.7. The molecular formula is C17H14N2O2S. The van der Waals surface area contributed by atoms with Crippen LogP contribution in [0.2, 0.25) is 0 Å². The smallest absolute Gasteiger partial charge is 0.363 e. The molecule has 110 valence electrons. The van der Waals surface area contributed by atoms with E-state index in [2.05, 4.69) is 9.98 Å². The van der Waals surface area contributed by atoms with E-state index in [9.17, 15) is 4.79 Å². The molecule has 0 N–H and O–H groups in total. The van der Waals surface area contributed by atoms with Gasteiger partial charge in [0, 0.05) is 6.20 Å². The third-order valence-corrected chi connectivity index (χ3v) is 3.91. The van der Waals surface area contributed by atoms with Gasteiger partial charge in [0.2, 0.25) is 5.90 Å². The number of ether oxygens (including phenoxy) is 1. The van der Waals surface area contributed by atoms with Crippen LogP contribution in [0.3, 0.4) is 0 Å². The van der Waals surface area contributed by atoms with E-state index in [0.29, 0.717) is 11.6 Å². The number of aromatic nitrogens is 1. The maximum absolute atomic E-state index is 12.0. The van der Waals surface area contributed by atoms with Gasteiger partial charge in [0.1, 0.15) is 5.03 Å². The van der Waals surface area contributed by atoms with E-state index in [4.69, 9.17) is 4.74 Å². The number of aliphatic imine (C=N–C) groups is 1. The summed E-state index contributed by atoms with van der Waals surface area (Å²) < 4.78 is 5.29. The van der Waals surface area contributed by atoms with Crippen molar-refractivity contribution in [1.82, 2.24) is 4.98 Å². The number of nitrogens with zero attached hydrogens (tertiary/aromatic N) is 2. The first kappa shape index (κ1) is 14.5. The maximum atomic E-state index is 12.0. The number of carbonyl (C=O) groups is 1. The maximum Gasteiger partial charge on any atom is 0.363 e. The fraction of sp³-hybridized carbons (Fsp3) is 0.118. The van der Waals surface area contributed by atoms with Crippen molar-refractivity contribution in [2.75, 3.05) is 6.26 Å². The van der Waals surface area contributed by atoms with Gasteiger partial charge >= 0.3 is 5.97 Å². The zero-order chi connectivity index (χ0) is 15.5. The molecule has 0 amide bonds. The highest BCUT2D eigenvalue weighted by atomic mass is 32.2. The van der Waals surface area contributed by atoms with Crippen molar-refractivity contribution < 1.29 is 9.53 Å². The van der Waals surface area contributed by atoms with Crippen LogP contribution in [0.4, 0.5) is 0 Å². The second-order valence-corrected chi connectivity index (χ2v) is 5.60. The van der Waals surface area contributed by atoms with E-state index in [-0.39, 0.29) is 0 Å². The van der Waals surface area contributed by atoms with Gasteiger partial charge in [0.05, 0.1) is 5.56 Å². The molecule has 5 heteroatoms. The number of thioether (sulfide) groups is 1. The first-order valence-electron chi connectivity index (χ1n) is 6.76. The van der Waals surface area contributed by atoms with Crippen molar-refractivity contribution >= 4 is 29.7 Å². The predicted molar refractivity (Wildman–Crippen MR) is 87.8 cm³/mol. The number of esters is 1. The van der Waals surface area contributed by atoms with Gasteiger partial charge in [-0.3, -0.25) is 0 Å². The second kappa shape index (κ2) is 6.15. The number of cyclic esters (lactones) is 1. The highest BCUT2D eigenvalue weighted by Crippen LogP contribution is 2.24. The molecule has 2 heterocycles. The number of benzene rings is 1. The summed E-state index contributed by atoms with van der Waals surface area (Å²) in [6.07, 6.45) is 5.35. The fourth-order valence-electron chi connectivity index (χ4n) is 2.06. The van der Waals surface area contributed by atoms with Crippen molar-refractivity contribution in [3.05, 3.63) is 65.0 Å². The van der Waals surface area contributed by atoms with Crippen LogP contribution in [0.5, 0.6) is 0 Å². The summed E-state index contributed by atoms with van der Waals surface area (Å²) in [4.78, 5) is 20.6. The summed E-state index contributed by atoms with van der Waals surface area (Å²) in [5.74, 6) is -0.132. The van der Waals surface area contributed by atoms with Crippen LogP contribution in [-0.2, 0) is 9.53 Å². The largest absolute Gasteiger partial charge is 0.402 e. The van der Waals surface area contributed by atoms with Crippen LogP contribution < -0.4 is 0 Å². The highest BCUT2D eigenvalue weighted by Gasteiger charge is 2.25. The van der Waals surface area contributed by atoms with Crippen molar-refractivity contribution in [2.24, 2.45) is 4.99 Å². The average Bonchev–Trinajstić information content (AvgIpc) is 2.90. The normalized spacial score (nSPS) is 15.8. The number of rotatable bonds is 3. The van der Waals surface area contributed by atoms with Gasteiger partial charge in [-0.2, -0.15) is 0 Å². The number of hydrogen-bond donors (Lipinski definition) is 0. The van der Waals surface area contributed by atoms with Crippen LogP contribution in [0.1, 0.15) is 16.7 Å². The zero-order valence-electron chi connectivity index (χ0n) is 12.2. The Morgan fingerprint density at radius 3 is 2.68 bits per heavy atom. The Kier molecular flexibility index (Phi) is 4.06. The molecule has 1 aromatic heterocycles. The van der Waals surface area contributed by atoms with Gasteiger partial charge in [-0.25, -0.2) is 14.8 Å². The molecule has 3 rings (SSSR count). The second-order valence-electron chi connectivity index (χ2n) is 4.81. The van der Waals surface area contributed by atoms with Crippen LogP contribution in [0.25, 0.3) is 6.08 Å². The monoisotopic (exact) mass is 310 g/mol. The molecule has 0 spiro atoms. The molecule has 22 heavy (non-hydrogen) atoms. The Balaban J connectivity index is 1.96. The summed E-state index contributed by atoms with van der Waals surface area (Å²) >= 11 is 1.49. The molecule has 1 aliphatic heterocycles. The molecule has 0 unspecified atom stereocenters. The van der Waals surface area contributed by atoms with E-state index in [1.807, 2.05) is 43.5 Å². The highest BCUT2D eigenvalue weighted by molar-refractivity contribution is 7.98. The Morgan fingerprint density at radius 1 is 1.18 bits per heavy atom. The number of pyridine rings is 1. The lowest BCUT2D eigenvalue weighted by Gasteiger charge is -2.03. The molecule has 0 fully saturated rings. The molecule has 1 aliphatic rings. The molecular weight excluding hydrogens is 296 g/mol. The standard InChI is InChI=1S/C17H14N2O2S/c1-11-5-7-12(8-6-11)10-14-17(20)21-15(19-14)13-4-3-9-18-16(13)22-2/h3-10H,1-2H3. The Morgan fingerprint density at radius 2 is 1.95 bits per heavy atom. The van der Waals surface area contributed by atoms with E-state index in [1.165, 1.54) is 17.3 Å². The lowest BCUT2D eigenvalue weighted by molar-refractivity contribution is -0.129. The van der Waals surface area contributed by atoms with Crippen LogP contribution in [0, 0.1) is 6.92 Å². The third kappa shape index (κ3) is 2.94. The van der Waals surface area contributed by atoms with Gasteiger partial charge in [-0.15, -0.1) is 11.8 Å². The Hall–Kier alpha value is -2.40. The quantitative estimate of drug-likeness (QED) is 0.495. The molecule has 1 aromatic carbocycles. The minimum absolute atomic E-state index is 0.301. The predicted octanol–water partition coefficient (Wildman–Crippen LogP) is 3.46. The minimum Gasteiger partial charge on any atom is -0.402 e. The first-order valence-corrected chi connectivity index (χ1v) is 7.98. The SMILES string of the molecule is CSc1ncccc1C1=NC(=Cc2ccc(C)cc2)C(=O)O1. The van der Waals surface area contributed by atoms with E-state index >= 15 is 0 Å². The average molecular weight is 310 g/mol. The molecule has 4 nitrogen and oxygen atoms in total. The summed E-state index contributed by atoms with van der Waals surface area (Å²) in [5, 5.41) is 0.783. The molecule has 2 aromatic rings. The third-order valence-electron chi connectivity index (χ3n) is 3.20. The van der Waals surface area contributed by atoms with Crippen molar-refractivity contribution in [3.8, 4) is 0 Å². The fourth-order valence-corrected chi connectivity index (χ4v) is 2.60. The van der Waals surface area contributed by atoms with Crippen LogP contribution >= 0.6 is 11.8 Å². The summed E-state index contributed by atoms with van der Waals surface area (Å²) in [5.41, 5.74) is 3.12. The number of aryl methyl sites for hydroxylation is 1. The lowest BCUT2D eigenvalue weighted by atomic mass is 10.1. The molecule has 0 saturated heterocycles. The molecule has 0 atom stereocenters. The number of carbonyl (C=O) groups excluding carboxylic acids is 1. The Labute approximate surface area is 132 Å². The van der Waals surface area contributed by atoms with E-state index in [1.54, 1.807) is 18.3 Å². The van der Waals surface area contributed by atoms with Crippen molar-refractivity contribution in [1.29, 1.82) is 0 Å². The van der Waals surface area contributed by atoms with Gasteiger partial charge in [-0.1, -0.05) is 29.8 Å². The lowest BCUT2D eigenvalue weighted by Crippen LogP contribution is -2.07. The van der Waals surface area contributed by atoms with Gasteiger partial charge < -0.3 is 4.74 Å². The zero-order valence-corrected chi connectivity index (χ0v) is 13.1. The van der Waals surface area contributed by atoms with Crippen molar-refractivity contribution in [2.45, 2.75) is 11.9 Å². The summed E-state index contributed by atoms with van der Waals surface area (Å²) in [6.45, 7) is 2.02. The molecule has 0 bridgehead atoms. The summed E-state index contributed by atoms with van der Waals surface area (Å²) in [7, 11) is 0. The summed E-state index contributed by atoms with van der Waals surface area (Å²) in [6, 6.07) is 11.5. The van der Waals surface area contributed by atoms with E-state index < -0.39 is 5.97 Å². The van der Waals surface area contributed by atoms with Crippen LogP contribution in [-0.4, -0.2) is 23.1 Å². The Bertz CT molecular complexity index is 780. The minimum atomic E-state index is -0.438. The molecule has 0 radical (unpaired) electrons. The van der Waals surface area contributed by atoms with Crippen molar-refractivity contribution in [3.63, 3.8) is 0 Å². The van der Waals surface area contributed by atoms with E-state index in [0.717, 1.165) is 16.2 Å². The topological polar surface area (TPSA) is 51.5 Å². The van der Waals surface area contributed by atoms with Gasteiger partial charge in [0.15, 0.2) is 5.70 Å².